The number of carbonyl (C=O) groups is 2. The van der Waals surface area contributed by atoms with Crippen LogP contribution in [0.5, 0.6) is 0 Å². The number of carbonyl (C=O) groups excluding carboxylic acids is 2. The quantitative estimate of drug-likeness (QED) is 0.926. The Labute approximate surface area is 153 Å². The lowest BCUT2D eigenvalue weighted by Gasteiger charge is -2.26. The Kier molecular flexibility index (Phi) is 4.23. The SMILES string of the molecule is CCC(=O)N[C@@H]1CCc2c(-c3ccc4c(c3)CCC(=O)N4C)cncc21. The third kappa shape index (κ3) is 2.77. The van der Waals surface area contributed by atoms with E-state index in [1.165, 1.54) is 11.1 Å². The molecule has 1 atom stereocenters. The Balaban J connectivity index is 1.70. The number of rotatable bonds is 3. The van der Waals surface area contributed by atoms with Crippen molar-refractivity contribution in [2.45, 2.75) is 45.1 Å². The second-order valence-electron chi connectivity index (χ2n) is 7.06. The number of amides is 2. The van der Waals surface area contributed by atoms with Crippen molar-refractivity contribution in [2.75, 3.05) is 11.9 Å². The monoisotopic (exact) mass is 349 g/mol. The van der Waals surface area contributed by atoms with Crippen LogP contribution in [0.15, 0.2) is 30.6 Å². The first-order chi connectivity index (χ1) is 12.6. The number of nitrogens with one attached hydrogen (secondary N) is 1. The second kappa shape index (κ2) is 6.56. The van der Waals surface area contributed by atoms with Gasteiger partial charge in [0.15, 0.2) is 0 Å². The highest BCUT2D eigenvalue weighted by atomic mass is 16.2. The largest absolute Gasteiger partial charge is 0.349 e. The molecule has 0 unspecified atom stereocenters. The first-order valence-corrected chi connectivity index (χ1v) is 9.24. The Hall–Kier alpha value is -2.69. The first-order valence-electron chi connectivity index (χ1n) is 9.24. The summed E-state index contributed by atoms with van der Waals surface area (Å²) in [7, 11) is 1.84. The minimum absolute atomic E-state index is 0.0614. The van der Waals surface area contributed by atoms with Crippen LogP contribution >= 0.6 is 0 Å². The summed E-state index contributed by atoms with van der Waals surface area (Å²) in [6.07, 6.45) is 7.50. The minimum atomic E-state index is 0.0614. The van der Waals surface area contributed by atoms with Crippen molar-refractivity contribution in [2.24, 2.45) is 0 Å². The number of fused-ring (bicyclic) bond motifs is 2. The molecule has 0 radical (unpaired) electrons. The van der Waals surface area contributed by atoms with E-state index < -0.39 is 0 Å². The number of anilines is 1. The predicted molar refractivity (Wildman–Crippen MR) is 101 cm³/mol. The molecule has 0 saturated carbocycles. The van der Waals surface area contributed by atoms with E-state index in [9.17, 15) is 9.59 Å². The zero-order chi connectivity index (χ0) is 18.3. The number of aryl methyl sites for hydroxylation is 1. The van der Waals surface area contributed by atoms with Gasteiger partial charge in [-0.05, 0) is 53.6 Å². The average molecular weight is 349 g/mol. The van der Waals surface area contributed by atoms with E-state index in [4.69, 9.17) is 0 Å². The topological polar surface area (TPSA) is 62.3 Å². The van der Waals surface area contributed by atoms with Gasteiger partial charge in [0, 0.05) is 43.5 Å². The van der Waals surface area contributed by atoms with Gasteiger partial charge in [0.05, 0.1) is 6.04 Å². The highest BCUT2D eigenvalue weighted by Gasteiger charge is 2.27. The average Bonchev–Trinajstić information content (AvgIpc) is 3.07. The smallest absolute Gasteiger partial charge is 0.227 e. The number of pyridine rings is 1. The molecule has 26 heavy (non-hydrogen) atoms. The molecule has 0 bridgehead atoms. The molecule has 1 N–H and O–H groups in total. The molecule has 0 fully saturated rings. The lowest BCUT2D eigenvalue weighted by atomic mass is 9.94. The summed E-state index contributed by atoms with van der Waals surface area (Å²) in [4.78, 5) is 29.9. The maximum Gasteiger partial charge on any atom is 0.227 e. The molecule has 2 aromatic rings. The summed E-state index contributed by atoms with van der Waals surface area (Å²) in [6, 6.07) is 6.36. The van der Waals surface area contributed by atoms with Crippen LogP contribution in [0.3, 0.4) is 0 Å². The van der Waals surface area contributed by atoms with Crippen molar-refractivity contribution in [3.63, 3.8) is 0 Å². The van der Waals surface area contributed by atoms with Crippen LogP contribution in [0.2, 0.25) is 0 Å². The van der Waals surface area contributed by atoms with Crippen LogP contribution in [0.4, 0.5) is 5.69 Å². The fourth-order valence-corrected chi connectivity index (χ4v) is 4.05. The minimum Gasteiger partial charge on any atom is -0.349 e. The van der Waals surface area contributed by atoms with E-state index in [0.717, 1.165) is 41.6 Å². The van der Waals surface area contributed by atoms with Gasteiger partial charge in [-0.15, -0.1) is 0 Å². The Morgan fingerprint density at radius 3 is 2.92 bits per heavy atom. The predicted octanol–water partition coefficient (Wildman–Crippen LogP) is 3.17. The molecule has 1 aliphatic heterocycles. The summed E-state index contributed by atoms with van der Waals surface area (Å²) < 4.78 is 0. The van der Waals surface area contributed by atoms with Gasteiger partial charge in [-0.25, -0.2) is 0 Å². The summed E-state index contributed by atoms with van der Waals surface area (Å²) in [6.45, 7) is 1.87. The van der Waals surface area contributed by atoms with Crippen molar-refractivity contribution < 1.29 is 9.59 Å². The summed E-state index contributed by atoms with van der Waals surface area (Å²) >= 11 is 0. The van der Waals surface area contributed by atoms with Crippen LogP contribution < -0.4 is 10.2 Å². The molecule has 134 valence electrons. The molecule has 0 saturated heterocycles. The summed E-state index contributed by atoms with van der Waals surface area (Å²) in [5.74, 6) is 0.247. The molecule has 1 aliphatic carbocycles. The van der Waals surface area contributed by atoms with Gasteiger partial charge >= 0.3 is 0 Å². The molecule has 5 heteroatoms. The molecular formula is C21H23N3O2. The van der Waals surface area contributed by atoms with E-state index in [-0.39, 0.29) is 17.9 Å². The van der Waals surface area contributed by atoms with E-state index in [2.05, 4.69) is 22.4 Å². The molecule has 2 amide bonds. The van der Waals surface area contributed by atoms with Gasteiger partial charge < -0.3 is 10.2 Å². The van der Waals surface area contributed by atoms with Crippen LogP contribution in [0.25, 0.3) is 11.1 Å². The highest BCUT2D eigenvalue weighted by Crippen LogP contribution is 2.39. The van der Waals surface area contributed by atoms with E-state index >= 15 is 0 Å². The van der Waals surface area contributed by atoms with Gasteiger partial charge in [0.1, 0.15) is 0 Å². The van der Waals surface area contributed by atoms with Gasteiger partial charge in [0.2, 0.25) is 11.8 Å². The highest BCUT2D eigenvalue weighted by molar-refractivity contribution is 5.96. The van der Waals surface area contributed by atoms with Crippen molar-refractivity contribution in [3.05, 3.63) is 47.3 Å². The fraction of sp³-hybridized carbons (Fsp3) is 0.381. The number of hydrogen-bond acceptors (Lipinski definition) is 3. The van der Waals surface area contributed by atoms with Crippen molar-refractivity contribution in [1.29, 1.82) is 0 Å². The molecule has 2 aliphatic rings. The molecule has 1 aromatic heterocycles. The van der Waals surface area contributed by atoms with E-state index in [1.54, 1.807) is 4.90 Å². The van der Waals surface area contributed by atoms with Gasteiger partial charge in [-0.1, -0.05) is 13.0 Å². The summed E-state index contributed by atoms with van der Waals surface area (Å²) in [5.41, 5.74) is 6.89. The normalized spacial score (nSPS) is 18.5. The maximum atomic E-state index is 11.9. The van der Waals surface area contributed by atoms with Crippen molar-refractivity contribution in [3.8, 4) is 11.1 Å². The first kappa shape index (κ1) is 16.8. The second-order valence-corrected chi connectivity index (χ2v) is 7.06. The molecular weight excluding hydrogens is 326 g/mol. The number of aromatic nitrogens is 1. The van der Waals surface area contributed by atoms with Crippen LogP contribution in [0.1, 0.15) is 48.9 Å². The Morgan fingerprint density at radius 2 is 2.12 bits per heavy atom. The number of benzene rings is 1. The zero-order valence-electron chi connectivity index (χ0n) is 15.2. The van der Waals surface area contributed by atoms with Gasteiger partial charge in [0.25, 0.3) is 0 Å². The third-order valence-electron chi connectivity index (χ3n) is 5.54. The molecule has 5 nitrogen and oxygen atoms in total. The van der Waals surface area contributed by atoms with Crippen molar-refractivity contribution in [1.82, 2.24) is 10.3 Å². The lowest BCUT2D eigenvalue weighted by molar-refractivity contribution is -0.121. The standard InChI is InChI=1S/C21H23N3O2/c1-3-20(25)23-18-7-6-15-16(11-22-12-17(15)18)13-4-8-19-14(10-13)5-9-21(26)24(19)2/h4,8,10-12,18H,3,5-7,9H2,1-2H3,(H,23,25)/t18-/m1/s1. The fourth-order valence-electron chi connectivity index (χ4n) is 4.05. The number of nitrogens with zero attached hydrogens (tertiary/aromatic N) is 2. The van der Waals surface area contributed by atoms with E-state index in [0.29, 0.717) is 12.8 Å². The molecule has 0 spiro atoms. The molecule has 1 aromatic carbocycles. The van der Waals surface area contributed by atoms with Crippen LogP contribution in [-0.4, -0.2) is 23.8 Å². The lowest BCUT2D eigenvalue weighted by Crippen LogP contribution is -2.30. The number of hydrogen-bond donors (Lipinski definition) is 1. The summed E-state index contributed by atoms with van der Waals surface area (Å²) in [5, 5.41) is 3.10. The van der Waals surface area contributed by atoms with Crippen LogP contribution in [0, 0.1) is 0 Å². The maximum absolute atomic E-state index is 11.9. The Morgan fingerprint density at radius 1 is 1.27 bits per heavy atom. The molecule has 4 rings (SSSR count). The third-order valence-corrected chi connectivity index (χ3v) is 5.54. The van der Waals surface area contributed by atoms with E-state index in [1.807, 2.05) is 32.4 Å². The zero-order valence-corrected chi connectivity index (χ0v) is 15.2. The van der Waals surface area contributed by atoms with Crippen molar-refractivity contribution >= 4 is 17.5 Å². The van der Waals surface area contributed by atoms with Gasteiger partial charge in [-0.3, -0.25) is 14.6 Å². The Bertz CT molecular complexity index is 891. The van der Waals surface area contributed by atoms with Gasteiger partial charge in [-0.2, -0.15) is 0 Å². The van der Waals surface area contributed by atoms with Crippen LogP contribution in [-0.2, 0) is 22.4 Å². The molecule has 2 heterocycles.